The highest BCUT2D eigenvalue weighted by Gasteiger charge is 2.37. The normalized spacial score (nSPS) is 17.2. The number of benzene rings is 1. The van der Waals surface area contributed by atoms with E-state index in [2.05, 4.69) is 10.3 Å². The summed E-state index contributed by atoms with van der Waals surface area (Å²) in [5.41, 5.74) is 1.72. The Morgan fingerprint density at radius 3 is 2.89 bits per heavy atom. The number of halogens is 1. The van der Waals surface area contributed by atoms with Crippen LogP contribution in [0.15, 0.2) is 30.5 Å². The van der Waals surface area contributed by atoms with Gasteiger partial charge in [0, 0.05) is 28.8 Å². The van der Waals surface area contributed by atoms with Crippen LogP contribution in [-0.4, -0.2) is 36.5 Å². The Hall–Kier alpha value is -1.36. The van der Waals surface area contributed by atoms with Crippen molar-refractivity contribution in [3.8, 4) is 0 Å². The van der Waals surface area contributed by atoms with E-state index in [9.17, 15) is 5.11 Å². The van der Waals surface area contributed by atoms with Crippen molar-refractivity contribution < 1.29 is 9.84 Å². The number of aromatic nitrogens is 1. The van der Waals surface area contributed by atoms with Crippen LogP contribution in [-0.2, 0) is 4.74 Å². The van der Waals surface area contributed by atoms with Crippen LogP contribution in [0.2, 0.25) is 5.02 Å². The van der Waals surface area contributed by atoms with Gasteiger partial charge in [-0.15, -0.1) is 0 Å². The second kappa shape index (κ2) is 4.96. The molecule has 0 bridgehead atoms. The molecule has 0 unspecified atom stereocenters. The molecule has 19 heavy (non-hydrogen) atoms. The number of anilines is 1. The maximum absolute atomic E-state index is 9.42. The Balaban J connectivity index is 1.86. The lowest BCUT2D eigenvalue weighted by atomic mass is 9.87. The Morgan fingerprint density at radius 2 is 2.21 bits per heavy atom. The molecule has 1 aliphatic rings. The summed E-state index contributed by atoms with van der Waals surface area (Å²) in [4.78, 5) is 4.31. The number of rotatable bonds is 4. The van der Waals surface area contributed by atoms with Crippen LogP contribution < -0.4 is 5.32 Å². The lowest BCUT2D eigenvalue weighted by molar-refractivity contribution is -0.128. The minimum Gasteiger partial charge on any atom is -0.396 e. The van der Waals surface area contributed by atoms with Crippen molar-refractivity contribution in [2.24, 2.45) is 5.41 Å². The van der Waals surface area contributed by atoms with E-state index in [1.54, 1.807) is 6.20 Å². The number of fused-ring (bicyclic) bond motifs is 1. The number of nitrogens with zero attached hydrogens (tertiary/aromatic N) is 1. The molecule has 1 aliphatic heterocycles. The van der Waals surface area contributed by atoms with Crippen molar-refractivity contribution in [3.05, 3.63) is 35.5 Å². The van der Waals surface area contributed by atoms with Gasteiger partial charge in [-0.3, -0.25) is 4.98 Å². The second-order valence-corrected chi connectivity index (χ2v) is 5.46. The van der Waals surface area contributed by atoms with Gasteiger partial charge in [0.05, 0.1) is 30.8 Å². The monoisotopic (exact) mass is 278 g/mol. The zero-order valence-corrected chi connectivity index (χ0v) is 11.2. The molecule has 1 aromatic carbocycles. The van der Waals surface area contributed by atoms with Gasteiger partial charge in [-0.1, -0.05) is 11.6 Å². The first kappa shape index (κ1) is 12.7. The fourth-order valence-corrected chi connectivity index (χ4v) is 2.37. The molecule has 2 heterocycles. The summed E-state index contributed by atoms with van der Waals surface area (Å²) >= 11 is 6.03. The predicted molar refractivity (Wildman–Crippen MR) is 75.6 cm³/mol. The van der Waals surface area contributed by atoms with Crippen LogP contribution in [0.3, 0.4) is 0 Å². The summed E-state index contributed by atoms with van der Waals surface area (Å²) in [6.07, 6.45) is 1.77. The van der Waals surface area contributed by atoms with Gasteiger partial charge >= 0.3 is 0 Å². The first-order chi connectivity index (χ1) is 9.22. The van der Waals surface area contributed by atoms with E-state index in [0.29, 0.717) is 24.8 Å². The highest BCUT2D eigenvalue weighted by Crippen LogP contribution is 2.29. The molecule has 0 amide bonds. The molecule has 0 radical (unpaired) electrons. The third kappa shape index (κ3) is 2.39. The third-order valence-corrected chi connectivity index (χ3v) is 3.74. The topological polar surface area (TPSA) is 54.4 Å². The van der Waals surface area contributed by atoms with Crippen molar-refractivity contribution in [3.63, 3.8) is 0 Å². The zero-order chi connectivity index (χ0) is 13.3. The molecule has 4 nitrogen and oxygen atoms in total. The fraction of sp³-hybridized carbons (Fsp3) is 0.357. The van der Waals surface area contributed by atoms with Crippen LogP contribution in [0.1, 0.15) is 0 Å². The number of nitrogens with one attached hydrogen (secondary N) is 1. The summed E-state index contributed by atoms with van der Waals surface area (Å²) in [5, 5.41) is 14.5. The van der Waals surface area contributed by atoms with Crippen molar-refractivity contribution in [1.29, 1.82) is 0 Å². The van der Waals surface area contributed by atoms with E-state index in [0.717, 1.165) is 16.6 Å². The Labute approximate surface area is 116 Å². The average molecular weight is 279 g/mol. The molecular weight excluding hydrogens is 264 g/mol. The van der Waals surface area contributed by atoms with Gasteiger partial charge in [-0.2, -0.15) is 0 Å². The number of hydrogen-bond donors (Lipinski definition) is 2. The summed E-state index contributed by atoms with van der Waals surface area (Å²) in [7, 11) is 0. The molecule has 1 fully saturated rings. The predicted octanol–water partition coefficient (Wildman–Crippen LogP) is 2.31. The van der Waals surface area contributed by atoms with Gasteiger partial charge in [0.2, 0.25) is 0 Å². The molecule has 100 valence electrons. The highest BCUT2D eigenvalue weighted by atomic mass is 35.5. The van der Waals surface area contributed by atoms with Crippen molar-refractivity contribution in [2.45, 2.75) is 0 Å². The maximum Gasteiger partial charge on any atom is 0.0723 e. The molecule has 3 rings (SSSR count). The summed E-state index contributed by atoms with van der Waals surface area (Å²) in [5.74, 6) is 0. The van der Waals surface area contributed by atoms with E-state index < -0.39 is 0 Å². The Kier molecular flexibility index (Phi) is 3.31. The van der Waals surface area contributed by atoms with E-state index in [1.807, 2.05) is 24.3 Å². The number of ether oxygens (including phenoxy) is 1. The average Bonchev–Trinajstić information content (AvgIpc) is 2.38. The van der Waals surface area contributed by atoms with Crippen LogP contribution in [0.5, 0.6) is 0 Å². The number of pyridine rings is 1. The van der Waals surface area contributed by atoms with E-state index in [4.69, 9.17) is 16.3 Å². The summed E-state index contributed by atoms with van der Waals surface area (Å²) < 4.78 is 5.19. The number of hydrogen-bond acceptors (Lipinski definition) is 4. The minimum atomic E-state index is -0.159. The van der Waals surface area contributed by atoms with E-state index in [-0.39, 0.29) is 12.0 Å². The smallest absolute Gasteiger partial charge is 0.0723 e. The largest absolute Gasteiger partial charge is 0.396 e. The SMILES string of the molecule is OCC1(CNc2ccnc3ccc(Cl)cc23)COC1. The summed E-state index contributed by atoms with van der Waals surface area (Å²) in [6.45, 7) is 2.00. The second-order valence-electron chi connectivity index (χ2n) is 5.02. The molecule has 2 N–H and O–H groups in total. The molecule has 1 aromatic heterocycles. The van der Waals surface area contributed by atoms with Gasteiger partial charge in [-0.05, 0) is 24.3 Å². The van der Waals surface area contributed by atoms with E-state index in [1.165, 1.54) is 0 Å². The van der Waals surface area contributed by atoms with Crippen LogP contribution >= 0.6 is 11.6 Å². The highest BCUT2D eigenvalue weighted by molar-refractivity contribution is 6.31. The minimum absolute atomic E-state index is 0.129. The van der Waals surface area contributed by atoms with Crippen molar-refractivity contribution in [1.82, 2.24) is 4.98 Å². The van der Waals surface area contributed by atoms with Crippen LogP contribution in [0, 0.1) is 5.41 Å². The lowest BCUT2D eigenvalue weighted by Gasteiger charge is -2.40. The number of aliphatic hydroxyl groups excluding tert-OH is 1. The fourth-order valence-electron chi connectivity index (χ4n) is 2.20. The first-order valence-electron chi connectivity index (χ1n) is 6.19. The maximum atomic E-state index is 9.42. The van der Waals surface area contributed by atoms with Crippen molar-refractivity contribution in [2.75, 3.05) is 31.7 Å². The van der Waals surface area contributed by atoms with Crippen molar-refractivity contribution >= 4 is 28.2 Å². The third-order valence-electron chi connectivity index (χ3n) is 3.51. The zero-order valence-electron chi connectivity index (χ0n) is 10.4. The van der Waals surface area contributed by atoms with Gasteiger partial charge in [0.25, 0.3) is 0 Å². The summed E-state index contributed by atoms with van der Waals surface area (Å²) in [6, 6.07) is 7.55. The Morgan fingerprint density at radius 1 is 1.37 bits per heavy atom. The standard InChI is InChI=1S/C14H15ClN2O2/c15-10-1-2-12-11(5-10)13(3-4-16-12)17-6-14(7-18)8-19-9-14/h1-5,18H,6-9H2,(H,16,17). The van der Waals surface area contributed by atoms with Gasteiger partial charge in [-0.25, -0.2) is 0 Å². The quantitative estimate of drug-likeness (QED) is 0.901. The van der Waals surface area contributed by atoms with Gasteiger partial charge < -0.3 is 15.2 Å². The molecule has 1 saturated heterocycles. The molecule has 0 spiro atoms. The van der Waals surface area contributed by atoms with Gasteiger partial charge in [0.1, 0.15) is 0 Å². The van der Waals surface area contributed by atoms with Crippen LogP contribution in [0.25, 0.3) is 10.9 Å². The van der Waals surface area contributed by atoms with Gasteiger partial charge in [0.15, 0.2) is 0 Å². The molecular formula is C14H15ClN2O2. The molecule has 0 aliphatic carbocycles. The van der Waals surface area contributed by atoms with E-state index >= 15 is 0 Å². The van der Waals surface area contributed by atoms with Crippen LogP contribution in [0.4, 0.5) is 5.69 Å². The molecule has 2 aromatic rings. The lowest BCUT2D eigenvalue weighted by Crippen LogP contribution is -2.50. The first-order valence-corrected chi connectivity index (χ1v) is 6.57. The Bertz CT molecular complexity index is 594. The molecule has 5 heteroatoms. The molecule has 0 saturated carbocycles. The molecule has 0 atom stereocenters. The number of aliphatic hydroxyl groups is 1.